The van der Waals surface area contributed by atoms with Crippen molar-refractivity contribution in [3.8, 4) is 11.5 Å². The molecule has 1 aliphatic carbocycles. The van der Waals surface area contributed by atoms with Gasteiger partial charge in [-0.3, -0.25) is 9.59 Å². The fourth-order valence-corrected chi connectivity index (χ4v) is 3.12. The van der Waals surface area contributed by atoms with E-state index >= 15 is 0 Å². The first kappa shape index (κ1) is 17.6. The van der Waals surface area contributed by atoms with E-state index in [4.69, 9.17) is 9.47 Å². The van der Waals surface area contributed by atoms with Gasteiger partial charge in [0, 0.05) is 12.5 Å². The minimum atomic E-state index is -0.106. The number of anilines is 1. The Labute approximate surface area is 160 Å². The summed E-state index contributed by atoms with van der Waals surface area (Å²) in [7, 11) is 0. The van der Waals surface area contributed by atoms with Gasteiger partial charge in [0.1, 0.15) is 5.03 Å². The molecular formula is C18H18N4O4S. The molecule has 2 aromatic rings. The summed E-state index contributed by atoms with van der Waals surface area (Å²) in [6.45, 7) is 0.639. The van der Waals surface area contributed by atoms with E-state index in [1.807, 2.05) is 18.2 Å². The first-order valence-electron chi connectivity index (χ1n) is 8.60. The summed E-state index contributed by atoms with van der Waals surface area (Å²) in [5.74, 6) is 2.08. The predicted octanol–water partition coefficient (Wildman–Crippen LogP) is 1.96. The molecule has 0 bridgehead atoms. The zero-order valence-electron chi connectivity index (χ0n) is 14.4. The van der Waals surface area contributed by atoms with Crippen LogP contribution >= 0.6 is 11.8 Å². The summed E-state index contributed by atoms with van der Waals surface area (Å²) in [5.41, 5.74) is 0.938. The van der Waals surface area contributed by atoms with E-state index in [9.17, 15) is 9.59 Å². The molecule has 27 heavy (non-hydrogen) atoms. The third-order valence-corrected chi connectivity index (χ3v) is 5.04. The number of ether oxygens (including phenoxy) is 2. The van der Waals surface area contributed by atoms with Gasteiger partial charge in [-0.25, -0.2) is 0 Å². The Hall–Kier alpha value is -2.81. The van der Waals surface area contributed by atoms with E-state index in [1.165, 1.54) is 11.8 Å². The van der Waals surface area contributed by atoms with Crippen molar-refractivity contribution in [2.75, 3.05) is 17.9 Å². The number of rotatable bonds is 7. The second-order valence-corrected chi connectivity index (χ2v) is 7.27. The molecule has 1 aliphatic heterocycles. The van der Waals surface area contributed by atoms with Crippen LogP contribution in [0.1, 0.15) is 18.4 Å². The Morgan fingerprint density at radius 2 is 1.96 bits per heavy atom. The number of benzene rings is 1. The molecular weight excluding hydrogens is 368 g/mol. The van der Waals surface area contributed by atoms with Gasteiger partial charge in [0.15, 0.2) is 17.3 Å². The van der Waals surface area contributed by atoms with Gasteiger partial charge in [-0.1, -0.05) is 17.8 Å². The van der Waals surface area contributed by atoms with Gasteiger partial charge in [0.05, 0.1) is 5.75 Å². The molecule has 2 N–H and O–H groups in total. The van der Waals surface area contributed by atoms with Crippen LogP contribution in [0.5, 0.6) is 11.5 Å². The normalized spacial score (nSPS) is 14.7. The van der Waals surface area contributed by atoms with Crippen molar-refractivity contribution in [1.82, 2.24) is 15.5 Å². The first-order chi connectivity index (χ1) is 13.2. The van der Waals surface area contributed by atoms with Gasteiger partial charge in [0.2, 0.25) is 18.6 Å². The van der Waals surface area contributed by atoms with Crippen LogP contribution in [-0.2, 0) is 16.1 Å². The van der Waals surface area contributed by atoms with Crippen LogP contribution in [0.2, 0.25) is 0 Å². The number of carbonyl (C=O) groups excluding carboxylic acids is 2. The van der Waals surface area contributed by atoms with Crippen LogP contribution in [0.3, 0.4) is 0 Å². The van der Waals surface area contributed by atoms with Crippen LogP contribution in [0.15, 0.2) is 35.4 Å². The van der Waals surface area contributed by atoms with Crippen molar-refractivity contribution >= 4 is 29.4 Å². The minimum Gasteiger partial charge on any atom is -0.454 e. The quantitative estimate of drug-likeness (QED) is 0.701. The van der Waals surface area contributed by atoms with E-state index < -0.39 is 0 Å². The third kappa shape index (κ3) is 4.68. The zero-order chi connectivity index (χ0) is 18.6. The SMILES string of the molecule is O=C(CSc1ccc(NC(=O)C2CC2)nn1)NCc1ccc2c(c1)OCO2. The Morgan fingerprint density at radius 3 is 2.74 bits per heavy atom. The Kier molecular flexibility index (Phi) is 5.10. The molecule has 140 valence electrons. The van der Waals surface area contributed by atoms with Crippen LogP contribution in [0.4, 0.5) is 5.82 Å². The highest BCUT2D eigenvalue weighted by molar-refractivity contribution is 7.99. The number of amides is 2. The fraction of sp³-hybridized carbons (Fsp3) is 0.333. The highest BCUT2D eigenvalue weighted by Gasteiger charge is 2.29. The van der Waals surface area contributed by atoms with Gasteiger partial charge >= 0.3 is 0 Å². The monoisotopic (exact) mass is 386 g/mol. The van der Waals surface area contributed by atoms with Crippen LogP contribution in [0.25, 0.3) is 0 Å². The lowest BCUT2D eigenvalue weighted by Gasteiger charge is -2.06. The maximum absolute atomic E-state index is 12.0. The first-order valence-corrected chi connectivity index (χ1v) is 9.58. The van der Waals surface area contributed by atoms with E-state index in [0.717, 1.165) is 24.2 Å². The van der Waals surface area contributed by atoms with Crippen molar-refractivity contribution in [3.63, 3.8) is 0 Å². The van der Waals surface area contributed by atoms with Crippen molar-refractivity contribution in [2.45, 2.75) is 24.4 Å². The lowest BCUT2D eigenvalue weighted by molar-refractivity contribution is -0.119. The zero-order valence-corrected chi connectivity index (χ0v) is 15.3. The molecule has 1 saturated carbocycles. The molecule has 1 aromatic heterocycles. The number of thioether (sulfide) groups is 1. The number of carbonyl (C=O) groups is 2. The predicted molar refractivity (Wildman–Crippen MR) is 98.5 cm³/mol. The summed E-state index contributed by atoms with van der Waals surface area (Å²) in [6, 6.07) is 9.01. The Bertz CT molecular complexity index is 855. The number of nitrogens with zero attached hydrogens (tertiary/aromatic N) is 2. The molecule has 0 radical (unpaired) electrons. The van der Waals surface area contributed by atoms with Crippen molar-refractivity contribution in [3.05, 3.63) is 35.9 Å². The summed E-state index contributed by atoms with van der Waals surface area (Å²) >= 11 is 1.29. The lowest BCUT2D eigenvalue weighted by Crippen LogP contribution is -2.24. The maximum atomic E-state index is 12.0. The molecule has 0 atom stereocenters. The Morgan fingerprint density at radius 1 is 1.11 bits per heavy atom. The molecule has 8 nitrogen and oxygen atoms in total. The molecule has 0 unspecified atom stereocenters. The minimum absolute atomic E-state index is 0.00685. The molecule has 2 amide bonds. The summed E-state index contributed by atoms with van der Waals surface area (Å²) in [5, 5.41) is 14.2. The standard InChI is InChI=1S/C18H18N4O4S/c23-16(19-8-11-1-4-13-14(7-11)26-10-25-13)9-27-17-6-5-15(21-22-17)20-18(24)12-2-3-12/h1,4-7,12H,2-3,8-10H2,(H,19,23)(H,20,21,24). The average molecular weight is 386 g/mol. The highest BCUT2D eigenvalue weighted by atomic mass is 32.2. The number of hydrogen-bond acceptors (Lipinski definition) is 7. The van der Waals surface area contributed by atoms with E-state index in [-0.39, 0.29) is 30.3 Å². The lowest BCUT2D eigenvalue weighted by atomic mass is 10.2. The highest BCUT2D eigenvalue weighted by Crippen LogP contribution is 2.32. The van der Waals surface area contributed by atoms with Crippen LogP contribution < -0.4 is 20.1 Å². The van der Waals surface area contributed by atoms with Gasteiger partial charge in [-0.15, -0.1) is 10.2 Å². The molecule has 9 heteroatoms. The van der Waals surface area contributed by atoms with Gasteiger partial charge in [-0.2, -0.15) is 0 Å². The molecule has 0 spiro atoms. The van der Waals surface area contributed by atoms with Gasteiger partial charge in [0.25, 0.3) is 0 Å². The summed E-state index contributed by atoms with van der Waals surface area (Å²) < 4.78 is 10.6. The Balaban J connectivity index is 1.21. The summed E-state index contributed by atoms with van der Waals surface area (Å²) in [6.07, 6.45) is 1.88. The number of hydrogen-bond donors (Lipinski definition) is 2. The molecule has 1 fully saturated rings. The van der Waals surface area contributed by atoms with Gasteiger partial charge < -0.3 is 20.1 Å². The summed E-state index contributed by atoms with van der Waals surface area (Å²) in [4.78, 5) is 23.7. The molecule has 0 saturated heterocycles. The third-order valence-electron chi connectivity index (χ3n) is 4.12. The van der Waals surface area contributed by atoms with Crippen molar-refractivity contribution in [1.29, 1.82) is 0 Å². The molecule has 2 heterocycles. The number of aromatic nitrogens is 2. The second-order valence-electron chi connectivity index (χ2n) is 6.27. The molecule has 4 rings (SSSR count). The van der Waals surface area contributed by atoms with Crippen molar-refractivity contribution < 1.29 is 19.1 Å². The van der Waals surface area contributed by atoms with Crippen LogP contribution in [0, 0.1) is 5.92 Å². The fourth-order valence-electron chi connectivity index (χ4n) is 2.48. The average Bonchev–Trinajstić information content (AvgIpc) is 3.44. The topological polar surface area (TPSA) is 102 Å². The van der Waals surface area contributed by atoms with Gasteiger partial charge in [-0.05, 0) is 42.7 Å². The maximum Gasteiger partial charge on any atom is 0.231 e. The van der Waals surface area contributed by atoms with E-state index in [1.54, 1.807) is 12.1 Å². The number of nitrogens with one attached hydrogen (secondary N) is 2. The largest absolute Gasteiger partial charge is 0.454 e. The van der Waals surface area contributed by atoms with E-state index in [0.29, 0.717) is 23.1 Å². The number of fused-ring (bicyclic) bond motifs is 1. The molecule has 1 aromatic carbocycles. The van der Waals surface area contributed by atoms with E-state index in [2.05, 4.69) is 20.8 Å². The smallest absolute Gasteiger partial charge is 0.231 e. The van der Waals surface area contributed by atoms with Crippen molar-refractivity contribution in [2.24, 2.45) is 5.92 Å². The second kappa shape index (κ2) is 7.83. The molecule has 2 aliphatic rings. The van der Waals surface area contributed by atoms with Crippen LogP contribution in [-0.4, -0.2) is 34.6 Å².